The lowest BCUT2D eigenvalue weighted by Crippen LogP contribution is -2.36. The number of carbonyl (C=O) groups is 4. The van der Waals surface area contributed by atoms with Crippen LogP contribution in [0.1, 0.15) is 32.2 Å². The normalized spacial score (nSPS) is 15.8. The summed E-state index contributed by atoms with van der Waals surface area (Å²) < 4.78 is 0. The molecule has 0 aliphatic heterocycles. The Balaban J connectivity index is 2.42. The molecule has 1 aromatic carbocycles. The lowest BCUT2D eigenvalue weighted by atomic mass is 9.79. The molecule has 124 valence electrons. The lowest BCUT2D eigenvalue weighted by molar-refractivity contribution is -0.157. The number of benzene rings is 1. The SMILES string of the molecule is O=C(O)c1ccc(C2C=CC(C(=O)O)(C(=O)O)C=C2)cc1C(=O)O. The van der Waals surface area contributed by atoms with Gasteiger partial charge in [0.25, 0.3) is 0 Å². The van der Waals surface area contributed by atoms with E-state index in [0.29, 0.717) is 5.56 Å². The second kappa shape index (κ2) is 5.99. The topological polar surface area (TPSA) is 149 Å². The van der Waals surface area contributed by atoms with Gasteiger partial charge in [0.15, 0.2) is 0 Å². The van der Waals surface area contributed by atoms with Crippen LogP contribution in [0.15, 0.2) is 42.5 Å². The highest BCUT2D eigenvalue weighted by Crippen LogP contribution is 2.33. The number of aromatic carboxylic acids is 2. The van der Waals surface area contributed by atoms with E-state index in [-0.39, 0.29) is 5.56 Å². The second-order valence-corrected chi connectivity index (χ2v) is 5.14. The average molecular weight is 332 g/mol. The van der Waals surface area contributed by atoms with Crippen molar-refractivity contribution in [1.82, 2.24) is 0 Å². The Morgan fingerprint density at radius 2 is 1.29 bits per heavy atom. The van der Waals surface area contributed by atoms with Crippen molar-refractivity contribution >= 4 is 23.9 Å². The van der Waals surface area contributed by atoms with Crippen molar-refractivity contribution < 1.29 is 39.6 Å². The van der Waals surface area contributed by atoms with E-state index in [1.807, 2.05) is 0 Å². The summed E-state index contributed by atoms with van der Waals surface area (Å²) in [5.41, 5.74) is -2.56. The van der Waals surface area contributed by atoms with Crippen LogP contribution in [0.5, 0.6) is 0 Å². The fourth-order valence-electron chi connectivity index (χ4n) is 2.36. The Morgan fingerprint density at radius 3 is 1.71 bits per heavy atom. The zero-order valence-electron chi connectivity index (χ0n) is 12.0. The number of carboxylic acid groups (broad SMARTS) is 4. The van der Waals surface area contributed by atoms with Crippen LogP contribution in [0, 0.1) is 5.41 Å². The number of aliphatic carboxylic acids is 2. The summed E-state index contributed by atoms with van der Waals surface area (Å²) in [4.78, 5) is 44.6. The quantitative estimate of drug-likeness (QED) is 0.467. The van der Waals surface area contributed by atoms with E-state index in [2.05, 4.69) is 0 Å². The van der Waals surface area contributed by atoms with Gasteiger partial charge in [-0.3, -0.25) is 9.59 Å². The van der Waals surface area contributed by atoms with Crippen LogP contribution in [0.25, 0.3) is 0 Å². The molecule has 0 radical (unpaired) electrons. The fourth-order valence-corrected chi connectivity index (χ4v) is 2.36. The zero-order valence-corrected chi connectivity index (χ0v) is 12.0. The first-order chi connectivity index (χ1) is 11.2. The Labute approximate surface area is 135 Å². The molecule has 2 rings (SSSR count). The minimum Gasteiger partial charge on any atom is -0.480 e. The smallest absolute Gasteiger partial charge is 0.336 e. The first-order valence-corrected chi connectivity index (χ1v) is 6.65. The molecular formula is C16H12O8. The molecule has 0 aromatic heterocycles. The molecule has 0 saturated carbocycles. The van der Waals surface area contributed by atoms with Crippen LogP contribution in [0.2, 0.25) is 0 Å². The zero-order chi connectivity index (χ0) is 18.1. The van der Waals surface area contributed by atoms with E-state index >= 15 is 0 Å². The summed E-state index contributed by atoms with van der Waals surface area (Å²) >= 11 is 0. The fraction of sp³-hybridized carbons (Fsp3) is 0.125. The van der Waals surface area contributed by atoms with Gasteiger partial charge in [-0.15, -0.1) is 0 Å². The van der Waals surface area contributed by atoms with Crippen molar-refractivity contribution in [2.75, 3.05) is 0 Å². The van der Waals surface area contributed by atoms with Crippen molar-refractivity contribution in [2.24, 2.45) is 5.41 Å². The molecule has 0 heterocycles. The monoisotopic (exact) mass is 332 g/mol. The molecule has 8 nitrogen and oxygen atoms in total. The van der Waals surface area contributed by atoms with Gasteiger partial charge in [0, 0.05) is 5.92 Å². The molecule has 4 N–H and O–H groups in total. The van der Waals surface area contributed by atoms with Crippen molar-refractivity contribution in [1.29, 1.82) is 0 Å². The summed E-state index contributed by atoms with van der Waals surface area (Å²) in [6.07, 6.45) is 4.66. The summed E-state index contributed by atoms with van der Waals surface area (Å²) in [5.74, 6) is -6.47. The van der Waals surface area contributed by atoms with Crippen LogP contribution in [-0.2, 0) is 9.59 Å². The molecule has 24 heavy (non-hydrogen) atoms. The van der Waals surface area contributed by atoms with Gasteiger partial charge in [-0.2, -0.15) is 0 Å². The number of rotatable bonds is 5. The van der Waals surface area contributed by atoms with Crippen LogP contribution in [-0.4, -0.2) is 44.3 Å². The van der Waals surface area contributed by atoms with E-state index in [1.54, 1.807) is 0 Å². The van der Waals surface area contributed by atoms with E-state index in [9.17, 15) is 19.2 Å². The highest BCUT2D eigenvalue weighted by Gasteiger charge is 2.43. The summed E-state index contributed by atoms with van der Waals surface area (Å²) in [6.45, 7) is 0. The third-order valence-corrected chi connectivity index (χ3v) is 3.73. The van der Waals surface area contributed by atoms with Crippen LogP contribution < -0.4 is 0 Å². The van der Waals surface area contributed by atoms with Gasteiger partial charge in [-0.1, -0.05) is 30.4 Å². The van der Waals surface area contributed by atoms with E-state index < -0.39 is 40.8 Å². The second-order valence-electron chi connectivity index (χ2n) is 5.14. The van der Waals surface area contributed by atoms with Crippen LogP contribution >= 0.6 is 0 Å². The standard InChI is InChI=1S/C16H12O8/c17-12(18)10-2-1-9(7-11(10)13(19)20)8-3-5-16(6-4-8,14(21)22)15(23)24/h1-8H,(H,17,18)(H,19,20)(H,21,22)(H,23,24). The van der Waals surface area contributed by atoms with E-state index in [1.165, 1.54) is 24.3 Å². The Kier molecular flexibility index (Phi) is 4.23. The first-order valence-electron chi connectivity index (χ1n) is 6.65. The Bertz CT molecular complexity index is 772. The predicted octanol–water partition coefficient (Wildman–Crippen LogP) is 1.45. The lowest BCUT2D eigenvalue weighted by Gasteiger charge is -2.23. The first kappa shape index (κ1) is 16.9. The molecular weight excluding hydrogens is 320 g/mol. The molecule has 0 saturated heterocycles. The van der Waals surface area contributed by atoms with Crippen LogP contribution in [0.4, 0.5) is 0 Å². The maximum atomic E-state index is 11.2. The summed E-state index contributed by atoms with van der Waals surface area (Å²) in [5, 5.41) is 36.3. The third-order valence-electron chi connectivity index (χ3n) is 3.73. The van der Waals surface area contributed by atoms with Crippen LogP contribution in [0.3, 0.4) is 0 Å². The van der Waals surface area contributed by atoms with Gasteiger partial charge in [-0.05, 0) is 17.7 Å². The molecule has 0 spiro atoms. The molecule has 1 aromatic rings. The highest BCUT2D eigenvalue weighted by atomic mass is 16.4. The molecule has 0 fully saturated rings. The molecule has 0 atom stereocenters. The Hall–Kier alpha value is -3.42. The molecule has 0 amide bonds. The number of carboxylic acids is 4. The van der Waals surface area contributed by atoms with Gasteiger partial charge >= 0.3 is 23.9 Å². The van der Waals surface area contributed by atoms with Crippen molar-refractivity contribution in [3.05, 3.63) is 59.2 Å². The highest BCUT2D eigenvalue weighted by molar-refractivity contribution is 6.03. The van der Waals surface area contributed by atoms with Gasteiger partial charge in [0.1, 0.15) is 0 Å². The number of hydrogen-bond acceptors (Lipinski definition) is 4. The largest absolute Gasteiger partial charge is 0.480 e. The molecule has 0 unspecified atom stereocenters. The molecule has 1 aliphatic rings. The minimum atomic E-state index is -2.17. The summed E-state index contributed by atoms with van der Waals surface area (Å²) in [7, 11) is 0. The molecule has 8 heteroatoms. The van der Waals surface area contributed by atoms with Crippen molar-refractivity contribution in [3.63, 3.8) is 0 Å². The number of hydrogen-bond donors (Lipinski definition) is 4. The van der Waals surface area contributed by atoms with E-state index in [0.717, 1.165) is 18.2 Å². The maximum Gasteiger partial charge on any atom is 0.336 e. The number of allylic oxidation sites excluding steroid dienone is 2. The predicted molar refractivity (Wildman–Crippen MR) is 79.1 cm³/mol. The van der Waals surface area contributed by atoms with Crippen molar-refractivity contribution in [2.45, 2.75) is 5.92 Å². The molecule has 1 aliphatic carbocycles. The van der Waals surface area contributed by atoms with E-state index in [4.69, 9.17) is 20.4 Å². The third kappa shape index (κ3) is 2.76. The van der Waals surface area contributed by atoms with Gasteiger partial charge < -0.3 is 20.4 Å². The molecule has 0 bridgehead atoms. The van der Waals surface area contributed by atoms with Crippen molar-refractivity contribution in [3.8, 4) is 0 Å². The average Bonchev–Trinajstić information content (AvgIpc) is 2.53. The van der Waals surface area contributed by atoms with Gasteiger partial charge in [0.2, 0.25) is 5.41 Å². The minimum absolute atomic E-state index is 0.375. The summed E-state index contributed by atoms with van der Waals surface area (Å²) in [6, 6.07) is 3.70. The van der Waals surface area contributed by atoms with Gasteiger partial charge in [-0.25, -0.2) is 9.59 Å². The maximum absolute atomic E-state index is 11.2. The van der Waals surface area contributed by atoms with Gasteiger partial charge in [0.05, 0.1) is 11.1 Å². The Morgan fingerprint density at radius 1 is 0.792 bits per heavy atom.